The summed E-state index contributed by atoms with van der Waals surface area (Å²) in [5.41, 5.74) is 2.93. The van der Waals surface area contributed by atoms with Gasteiger partial charge in [-0.3, -0.25) is 4.79 Å². The van der Waals surface area contributed by atoms with E-state index >= 15 is 0 Å². The highest BCUT2D eigenvalue weighted by Gasteiger charge is 2.22. The molecule has 0 amide bonds. The van der Waals surface area contributed by atoms with Gasteiger partial charge in [0.25, 0.3) is 0 Å². The molecule has 1 aliphatic carbocycles. The molecule has 0 heterocycles. The first-order chi connectivity index (χ1) is 16.7. The van der Waals surface area contributed by atoms with Crippen LogP contribution in [0, 0.1) is 11.8 Å². The van der Waals surface area contributed by atoms with Crippen molar-refractivity contribution in [3.8, 4) is 0 Å². The van der Waals surface area contributed by atoms with Gasteiger partial charge < -0.3 is 14.8 Å². The second-order valence-electron chi connectivity index (χ2n) is 9.63. The second-order valence-corrected chi connectivity index (χ2v) is 9.63. The van der Waals surface area contributed by atoms with E-state index in [1.54, 1.807) is 0 Å². The molecule has 34 heavy (non-hydrogen) atoms. The highest BCUT2D eigenvalue weighted by molar-refractivity contribution is 5.96. The molecule has 0 aromatic heterocycles. The molecule has 1 aliphatic rings. The smallest absolute Gasteiger partial charge is 0.163 e. The van der Waals surface area contributed by atoms with Gasteiger partial charge in [0.1, 0.15) is 6.10 Å². The lowest BCUT2D eigenvalue weighted by atomic mass is 9.81. The summed E-state index contributed by atoms with van der Waals surface area (Å²) in [4.78, 5) is 13.3. The van der Waals surface area contributed by atoms with Crippen LogP contribution in [0.1, 0.15) is 85.9 Å². The number of carbonyl (C=O) groups excluding carboxylic acids is 1. The molecule has 4 heteroatoms. The Labute approximate surface area is 206 Å². The van der Waals surface area contributed by atoms with E-state index in [-0.39, 0.29) is 11.9 Å². The van der Waals surface area contributed by atoms with Crippen LogP contribution in [0.3, 0.4) is 0 Å². The van der Waals surface area contributed by atoms with Crippen molar-refractivity contribution in [2.45, 2.75) is 64.4 Å². The SMILES string of the molecule is CCOCCCO[C@@H](c1ccccc1)c1cccc(C(=O)C[C@H](CNC)CC2CCCCC2)c1. The standard InChI is InChI=1S/C30H43NO3/c1-3-33-18-11-19-34-30(26-14-8-5-9-15-26)28-17-10-16-27(22-28)29(32)21-25(23-31-2)20-24-12-6-4-7-13-24/h5,8-10,14-17,22,24-25,30-31H,3-4,6-7,11-13,18-21,23H2,1-2H3/t25-,30+/m1/s1. The summed E-state index contributed by atoms with van der Waals surface area (Å²) < 4.78 is 11.8. The van der Waals surface area contributed by atoms with Crippen molar-refractivity contribution in [3.63, 3.8) is 0 Å². The highest BCUT2D eigenvalue weighted by Crippen LogP contribution is 2.31. The first-order valence-electron chi connectivity index (χ1n) is 13.2. The third-order valence-electron chi connectivity index (χ3n) is 6.89. The largest absolute Gasteiger partial charge is 0.382 e. The van der Waals surface area contributed by atoms with Gasteiger partial charge in [0.15, 0.2) is 5.78 Å². The summed E-state index contributed by atoms with van der Waals surface area (Å²) in [6.45, 7) is 4.94. The number of ketones is 1. The number of ether oxygens (including phenoxy) is 2. The van der Waals surface area contributed by atoms with Crippen LogP contribution in [0.5, 0.6) is 0 Å². The Hall–Kier alpha value is -2.01. The van der Waals surface area contributed by atoms with Crippen molar-refractivity contribution in [2.75, 3.05) is 33.4 Å². The van der Waals surface area contributed by atoms with Crippen LogP contribution in [-0.2, 0) is 9.47 Å². The zero-order valence-corrected chi connectivity index (χ0v) is 21.1. The minimum absolute atomic E-state index is 0.189. The second kappa shape index (κ2) is 15.1. The first-order valence-corrected chi connectivity index (χ1v) is 13.2. The summed E-state index contributed by atoms with van der Waals surface area (Å²) in [7, 11) is 1.99. The number of nitrogens with one attached hydrogen (secondary N) is 1. The lowest BCUT2D eigenvalue weighted by Gasteiger charge is -2.26. The molecule has 186 valence electrons. The summed E-state index contributed by atoms with van der Waals surface area (Å²) in [5, 5.41) is 3.32. The molecule has 1 fully saturated rings. The van der Waals surface area contributed by atoms with Crippen LogP contribution in [0.15, 0.2) is 54.6 Å². The van der Waals surface area contributed by atoms with E-state index in [9.17, 15) is 4.79 Å². The molecule has 2 aromatic rings. The Morgan fingerprint density at radius 2 is 1.76 bits per heavy atom. The third-order valence-corrected chi connectivity index (χ3v) is 6.89. The minimum atomic E-state index is -0.189. The summed E-state index contributed by atoms with van der Waals surface area (Å²) in [6, 6.07) is 18.3. The topological polar surface area (TPSA) is 47.6 Å². The lowest BCUT2D eigenvalue weighted by molar-refractivity contribution is 0.0544. The normalized spacial score (nSPS) is 16.3. The molecule has 0 saturated heterocycles. The minimum Gasteiger partial charge on any atom is -0.382 e. The molecule has 4 nitrogen and oxygen atoms in total. The van der Waals surface area contributed by atoms with Gasteiger partial charge >= 0.3 is 0 Å². The zero-order chi connectivity index (χ0) is 24.0. The molecule has 0 spiro atoms. The molecule has 0 aliphatic heterocycles. The number of rotatable bonds is 15. The van der Waals surface area contributed by atoms with E-state index < -0.39 is 0 Å². The van der Waals surface area contributed by atoms with Crippen molar-refractivity contribution in [1.29, 1.82) is 0 Å². The van der Waals surface area contributed by atoms with Crippen molar-refractivity contribution in [3.05, 3.63) is 71.3 Å². The van der Waals surface area contributed by atoms with Crippen molar-refractivity contribution in [1.82, 2.24) is 5.32 Å². The van der Waals surface area contributed by atoms with Crippen LogP contribution in [-0.4, -0.2) is 39.2 Å². The molecule has 1 saturated carbocycles. The van der Waals surface area contributed by atoms with Gasteiger partial charge in [-0.05, 0) is 62.4 Å². The number of Topliss-reactive ketones (excluding diaryl/α,β-unsaturated/α-hetero) is 1. The lowest BCUT2D eigenvalue weighted by Crippen LogP contribution is -2.25. The monoisotopic (exact) mass is 465 g/mol. The quantitative estimate of drug-likeness (QED) is 0.238. The van der Waals surface area contributed by atoms with E-state index in [0.29, 0.717) is 25.6 Å². The Morgan fingerprint density at radius 1 is 1.00 bits per heavy atom. The average molecular weight is 466 g/mol. The molecule has 1 N–H and O–H groups in total. The molecule has 2 atom stereocenters. The number of carbonyl (C=O) groups is 1. The molecule has 3 rings (SSSR count). The van der Waals surface area contributed by atoms with E-state index in [1.807, 2.05) is 50.4 Å². The zero-order valence-electron chi connectivity index (χ0n) is 21.1. The Balaban J connectivity index is 1.69. The Morgan fingerprint density at radius 3 is 2.50 bits per heavy atom. The number of benzene rings is 2. The van der Waals surface area contributed by atoms with Gasteiger partial charge in [0, 0.05) is 25.2 Å². The number of hydrogen-bond acceptors (Lipinski definition) is 4. The predicted octanol–water partition coefficient (Wildman–Crippen LogP) is 6.60. The third kappa shape index (κ3) is 8.65. The predicted molar refractivity (Wildman–Crippen MR) is 139 cm³/mol. The van der Waals surface area contributed by atoms with Crippen LogP contribution in [0.25, 0.3) is 0 Å². The fraction of sp³-hybridized carbons (Fsp3) is 0.567. The van der Waals surface area contributed by atoms with Crippen LogP contribution in [0.2, 0.25) is 0 Å². The maximum Gasteiger partial charge on any atom is 0.163 e. The average Bonchev–Trinajstić information content (AvgIpc) is 2.87. The molecular formula is C30H43NO3. The molecule has 2 aromatic carbocycles. The van der Waals surface area contributed by atoms with Crippen LogP contribution < -0.4 is 5.32 Å². The van der Waals surface area contributed by atoms with E-state index in [1.165, 1.54) is 32.1 Å². The van der Waals surface area contributed by atoms with Gasteiger partial charge in [-0.2, -0.15) is 0 Å². The fourth-order valence-corrected chi connectivity index (χ4v) is 5.20. The van der Waals surface area contributed by atoms with Crippen molar-refractivity contribution in [2.24, 2.45) is 11.8 Å². The molecule has 0 radical (unpaired) electrons. The summed E-state index contributed by atoms with van der Waals surface area (Å²) in [6.07, 6.45) is 9.13. The van der Waals surface area contributed by atoms with Crippen molar-refractivity contribution >= 4 is 5.78 Å². The van der Waals surface area contributed by atoms with Gasteiger partial charge in [-0.15, -0.1) is 0 Å². The van der Waals surface area contributed by atoms with E-state index in [0.717, 1.165) is 48.6 Å². The number of hydrogen-bond donors (Lipinski definition) is 1. The van der Waals surface area contributed by atoms with Gasteiger partial charge in [0.05, 0.1) is 6.61 Å². The Bertz CT molecular complexity index is 832. The van der Waals surface area contributed by atoms with Crippen molar-refractivity contribution < 1.29 is 14.3 Å². The fourth-order valence-electron chi connectivity index (χ4n) is 5.20. The van der Waals surface area contributed by atoms with Gasteiger partial charge in [-0.1, -0.05) is 80.6 Å². The van der Waals surface area contributed by atoms with Crippen LogP contribution >= 0.6 is 0 Å². The van der Waals surface area contributed by atoms with E-state index in [2.05, 4.69) is 23.5 Å². The van der Waals surface area contributed by atoms with E-state index in [4.69, 9.17) is 9.47 Å². The maximum atomic E-state index is 13.3. The van der Waals surface area contributed by atoms with Crippen LogP contribution in [0.4, 0.5) is 0 Å². The summed E-state index contributed by atoms with van der Waals surface area (Å²) >= 11 is 0. The first kappa shape index (κ1) is 26.6. The molecular weight excluding hydrogens is 422 g/mol. The Kier molecular flexibility index (Phi) is 11.8. The van der Waals surface area contributed by atoms with Gasteiger partial charge in [0.2, 0.25) is 0 Å². The molecule has 0 unspecified atom stereocenters. The highest BCUT2D eigenvalue weighted by atomic mass is 16.5. The maximum absolute atomic E-state index is 13.3. The summed E-state index contributed by atoms with van der Waals surface area (Å²) in [5.74, 6) is 1.41. The van der Waals surface area contributed by atoms with Gasteiger partial charge in [-0.25, -0.2) is 0 Å². The molecule has 0 bridgehead atoms.